The molecular weight excluding hydrogens is 162 g/mol. The number of hydrogen-bond acceptors (Lipinski definition) is 2. The maximum atomic E-state index is 6.09. The monoisotopic (exact) mass is 179 g/mol. The van der Waals surface area contributed by atoms with E-state index >= 15 is 0 Å². The van der Waals surface area contributed by atoms with Gasteiger partial charge in [-0.2, -0.15) is 0 Å². The van der Waals surface area contributed by atoms with E-state index in [1.807, 2.05) is 12.4 Å². The lowest BCUT2D eigenvalue weighted by atomic mass is 10.2. The molecule has 13 heavy (non-hydrogen) atoms. The van der Waals surface area contributed by atoms with Crippen LogP contribution in [0.5, 0.6) is 0 Å². The Hall–Kier alpha value is -0.830. The van der Waals surface area contributed by atoms with Gasteiger partial charge in [-0.3, -0.25) is 0 Å². The summed E-state index contributed by atoms with van der Waals surface area (Å²) >= 11 is 0. The molecule has 0 radical (unpaired) electrons. The minimum atomic E-state index is 0.168. The second-order valence-electron chi connectivity index (χ2n) is 3.84. The molecule has 1 aromatic heterocycles. The topological polar surface area (TPSA) is 43.8 Å². The van der Waals surface area contributed by atoms with Gasteiger partial charge in [-0.15, -0.1) is 0 Å². The van der Waals surface area contributed by atoms with Gasteiger partial charge < -0.3 is 10.3 Å². The first-order valence-corrected chi connectivity index (χ1v) is 5.09. The van der Waals surface area contributed by atoms with Crippen molar-refractivity contribution in [1.29, 1.82) is 0 Å². The standard InChI is InChI=1S/C10H17N3/c1-2-6-13-7-5-12-10(13)9(11)8-3-4-8/h5,7-9H,2-4,6,11H2,1H3. The molecule has 0 aromatic carbocycles. The average molecular weight is 179 g/mol. The van der Waals surface area contributed by atoms with Gasteiger partial charge in [-0.25, -0.2) is 4.98 Å². The molecule has 1 heterocycles. The van der Waals surface area contributed by atoms with E-state index in [0.717, 1.165) is 18.8 Å². The van der Waals surface area contributed by atoms with Gasteiger partial charge in [0.2, 0.25) is 0 Å². The highest BCUT2D eigenvalue weighted by atomic mass is 15.1. The fraction of sp³-hybridized carbons (Fsp3) is 0.700. The number of hydrogen-bond donors (Lipinski definition) is 1. The Morgan fingerprint density at radius 3 is 3.08 bits per heavy atom. The van der Waals surface area contributed by atoms with Crippen LogP contribution in [0.3, 0.4) is 0 Å². The molecule has 3 heteroatoms. The highest BCUT2D eigenvalue weighted by Crippen LogP contribution is 2.38. The van der Waals surface area contributed by atoms with Crippen LogP contribution < -0.4 is 5.73 Å². The van der Waals surface area contributed by atoms with Crippen molar-refractivity contribution in [3.63, 3.8) is 0 Å². The maximum absolute atomic E-state index is 6.09. The molecular formula is C10H17N3. The third-order valence-corrected chi connectivity index (χ3v) is 2.64. The van der Waals surface area contributed by atoms with Gasteiger partial charge in [0.15, 0.2) is 0 Å². The fourth-order valence-electron chi connectivity index (χ4n) is 1.71. The first-order chi connectivity index (χ1) is 6.33. The summed E-state index contributed by atoms with van der Waals surface area (Å²) in [6, 6.07) is 0.168. The highest BCUT2D eigenvalue weighted by Gasteiger charge is 2.31. The summed E-state index contributed by atoms with van der Waals surface area (Å²) < 4.78 is 2.18. The lowest BCUT2D eigenvalue weighted by molar-refractivity contribution is 0.536. The Morgan fingerprint density at radius 2 is 2.46 bits per heavy atom. The summed E-state index contributed by atoms with van der Waals surface area (Å²) in [6.07, 6.45) is 7.58. The van der Waals surface area contributed by atoms with E-state index in [0.29, 0.717) is 5.92 Å². The van der Waals surface area contributed by atoms with Gasteiger partial charge in [0.1, 0.15) is 5.82 Å². The Bertz CT molecular complexity index is 275. The molecule has 1 saturated carbocycles. The van der Waals surface area contributed by atoms with E-state index in [4.69, 9.17) is 5.73 Å². The van der Waals surface area contributed by atoms with E-state index in [1.165, 1.54) is 12.8 Å². The largest absolute Gasteiger partial charge is 0.334 e. The quantitative estimate of drug-likeness (QED) is 0.764. The SMILES string of the molecule is CCCn1ccnc1C(N)C1CC1. The van der Waals surface area contributed by atoms with Crippen LogP contribution in [-0.2, 0) is 6.54 Å². The molecule has 1 unspecified atom stereocenters. The number of aryl methyl sites for hydroxylation is 1. The second kappa shape index (κ2) is 3.50. The molecule has 1 atom stereocenters. The normalized spacial score (nSPS) is 18.9. The minimum Gasteiger partial charge on any atom is -0.334 e. The van der Waals surface area contributed by atoms with Crippen LogP contribution in [0, 0.1) is 5.92 Å². The third-order valence-electron chi connectivity index (χ3n) is 2.64. The molecule has 0 bridgehead atoms. The van der Waals surface area contributed by atoms with E-state index in [9.17, 15) is 0 Å². The van der Waals surface area contributed by atoms with Crippen LogP contribution in [0.25, 0.3) is 0 Å². The molecule has 0 spiro atoms. The van der Waals surface area contributed by atoms with Crippen molar-refractivity contribution in [2.24, 2.45) is 11.7 Å². The molecule has 2 rings (SSSR count). The highest BCUT2D eigenvalue weighted by molar-refractivity contribution is 5.03. The zero-order valence-electron chi connectivity index (χ0n) is 8.11. The Balaban J connectivity index is 2.12. The van der Waals surface area contributed by atoms with Gasteiger partial charge in [0.05, 0.1) is 6.04 Å². The van der Waals surface area contributed by atoms with E-state index in [1.54, 1.807) is 0 Å². The van der Waals surface area contributed by atoms with Crippen LogP contribution in [-0.4, -0.2) is 9.55 Å². The molecule has 0 amide bonds. The number of nitrogens with zero attached hydrogens (tertiary/aromatic N) is 2. The van der Waals surface area contributed by atoms with Gasteiger partial charge in [0.25, 0.3) is 0 Å². The third kappa shape index (κ3) is 1.75. The molecule has 0 saturated heterocycles. The Morgan fingerprint density at radius 1 is 1.69 bits per heavy atom. The average Bonchev–Trinajstić information content (AvgIpc) is 2.87. The summed E-state index contributed by atoms with van der Waals surface area (Å²) in [4.78, 5) is 4.33. The molecule has 1 aromatic rings. The Kier molecular flexibility index (Phi) is 2.36. The summed E-state index contributed by atoms with van der Waals surface area (Å²) in [5.41, 5.74) is 6.09. The van der Waals surface area contributed by atoms with Crippen LogP contribution in [0.2, 0.25) is 0 Å². The summed E-state index contributed by atoms with van der Waals surface area (Å²) in [5, 5.41) is 0. The predicted octanol–water partition coefficient (Wildman–Crippen LogP) is 1.70. The molecule has 1 fully saturated rings. The number of aromatic nitrogens is 2. The Labute approximate surface area is 79.0 Å². The van der Waals surface area contributed by atoms with Gasteiger partial charge >= 0.3 is 0 Å². The smallest absolute Gasteiger partial charge is 0.125 e. The van der Waals surface area contributed by atoms with Crippen molar-refractivity contribution in [1.82, 2.24) is 9.55 Å². The summed E-state index contributed by atoms with van der Waals surface area (Å²) in [6.45, 7) is 3.21. The zero-order valence-corrected chi connectivity index (χ0v) is 8.11. The van der Waals surface area contributed by atoms with Crippen LogP contribution in [0.4, 0.5) is 0 Å². The molecule has 72 valence electrons. The zero-order chi connectivity index (χ0) is 9.26. The molecule has 3 nitrogen and oxygen atoms in total. The summed E-state index contributed by atoms with van der Waals surface area (Å²) in [5.74, 6) is 1.77. The van der Waals surface area contributed by atoms with Crippen molar-refractivity contribution in [3.8, 4) is 0 Å². The minimum absolute atomic E-state index is 0.168. The van der Waals surface area contributed by atoms with Crippen molar-refractivity contribution < 1.29 is 0 Å². The van der Waals surface area contributed by atoms with E-state index in [2.05, 4.69) is 16.5 Å². The molecule has 1 aliphatic carbocycles. The van der Waals surface area contributed by atoms with Crippen molar-refractivity contribution in [2.45, 2.75) is 38.8 Å². The summed E-state index contributed by atoms with van der Waals surface area (Å²) in [7, 11) is 0. The van der Waals surface area contributed by atoms with Crippen molar-refractivity contribution in [3.05, 3.63) is 18.2 Å². The first-order valence-electron chi connectivity index (χ1n) is 5.09. The second-order valence-corrected chi connectivity index (χ2v) is 3.84. The molecule has 1 aliphatic rings. The first kappa shape index (κ1) is 8.75. The number of nitrogens with two attached hydrogens (primary N) is 1. The van der Waals surface area contributed by atoms with Gasteiger partial charge in [-0.05, 0) is 25.2 Å². The maximum Gasteiger partial charge on any atom is 0.125 e. The van der Waals surface area contributed by atoms with Crippen molar-refractivity contribution in [2.75, 3.05) is 0 Å². The van der Waals surface area contributed by atoms with Crippen LogP contribution in [0.1, 0.15) is 38.1 Å². The number of imidazole rings is 1. The number of rotatable bonds is 4. The van der Waals surface area contributed by atoms with Crippen LogP contribution in [0.15, 0.2) is 12.4 Å². The molecule has 2 N–H and O–H groups in total. The van der Waals surface area contributed by atoms with E-state index < -0.39 is 0 Å². The lowest BCUT2D eigenvalue weighted by Crippen LogP contribution is -2.18. The lowest BCUT2D eigenvalue weighted by Gasteiger charge is -2.12. The van der Waals surface area contributed by atoms with E-state index in [-0.39, 0.29) is 6.04 Å². The molecule has 0 aliphatic heterocycles. The van der Waals surface area contributed by atoms with Crippen LogP contribution >= 0.6 is 0 Å². The van der Waals surface area contributed by atoms with Crippen molar-refractivity contribution >= 4 is 0 Å². The van der Waals surface area contributed by atoms with Gasteiger partial charge in [-0.1, -0.05) is 6.92 Å². The predicted molar refractivity (Wildman–Crippen MR) is 52.2 cm³/mol. The fourth-order valence-corrected chi connectivity index (χ4v) is 1.71. The van der Waals surface area contributed by atoms with Gasteiger partial charge in [0, 0.05) is 18.9 Å².